The molecule has 0 saturated heterocycles. The molecule has 0 radical (unpaired) electrons. The lowest BCUT2D eigenvalue weighted by molar-refractivity contribution is 0.476. The van der Waals surface area contributed by atoms with Gasteiger partial charge in [0.25, 0.3) is 5.13 Å². The van der Waals surface area contributed by atoms with Crippen molar-refractivity contribution in [1.29, 1.82) is 0 Å². The van der Waals surface area contributed by atoms with Crippen LogP contribution in [0, 0.1) is 5.92 Å². The summed E-state index contributed by atoms with van der Waals surface area (Å²) in [5, 5.41) is 28.0. The fraction of sp³-hybridized carbons (Fsp3) is 0.529. The summed E-state index contributed by atoms with van der Waals surface area (Å²) in [5.74, 6) is 0.757. The number of azo groups is 1. The van der Waals surface area contributed by atoms with Gasteiger partial charge in [-0.05, 0) is 38.3 Å². The van der Waals surface area contributed by atoms with E-state index in [-0.39, 0.29) is 5.75 Å². The Morgan fingerprint density at radius 1 is 1.17 bits per heavy atom. The van der Waals surface area contributed by atoms with Crippen molar-refractivity contribution in [3.05, 3.63) is 23.2 Å². The third-order valence-electron chi connectivity index (χ3n) is 3.72. The van der Waals surface area contributed by atoms with Gasteiger partial charge in [0.15, 0.2) is 0 Å². The molecule has 0 aliphatic carbocycles. The fourth-order valence-corrected chi connectivity index (χ4v) is 2.95. The van der Waals surface area contributed by atoms with Crippen LogP contribution in [0.5, 0.6) is 5.75 Å². The molecule has 2 rings (SSSR count). The van der Waals surface area contributed by atoms with Crippen molar-refractivity contribution < 1.29 is 5.11 Å². The third kappa shape index (κ3) is 4.99. The van der Waals surface area contributed by atoms with Gasteiger partial charge in [-0.2, -0.15) is 0 Å². The van der Waals surface area contributed by atoms with Crippen molar-refractivity contribution in [3.63, 3.8) is 0 Å². The van der Waals surface area contributed by atoms with Gasteiger partial charge in [-0.25, -0.2) is 0 Å². The molecular weight excluding hydrogens is 322 g/mol. The molecule has 2 aromatic rings. The van der Waals surface area contributed by atoms with E-state index in [4.69, 9.17) is 0 Å². The highest BCUT2D eigenvalue weighted by molar-refractivity contribution is 7.14. The van der Waals surface area contributed by atoms with E-state index < -0.39 is 0 Å². The van der Waals surface area contributed by atoms with Crippen molar-refractivity contribution in [2.24, 2.45) is 16.1 Å². The van der Waals surface area contributed by atoms with Gasteiger partial charge in [0.2, 0.25) is 0 Å². The first-order chi connectivity index (χ1) is 11.5. The highest BCUT2D eigenvalue weighted by Crippen LogP contribution is 2.32. The molecule has 0 atom stereocenters. The standard InChI is InChI=1S/C17H25N5OS/c1-5-22(6-2)13-8-9-14(15(23)11-13)18-20-17-21-19-16(24-17)10-7-12(3)4/h8-9,11-12,23H,5-7,10H2,1-4H3. The zero-order valence-corrected chi connectivity index (χ0v) is 15.5. The molecule has 24 heavy (non-hydrogen) atoms. The van der Waals surface area contributed by atoms with Gasteiger partial charge >= 0.3 is 0 Å². The molecule has 7 heteroatoms. The Balaban J connectivity index is 2.06. The van der Waals surface area contributed by atoms with Crippen LogP contribution < -0.4 is 4.90 Å². The monoisotopic (exact) mass is 347 g/mol. The highest BCUT2D eigenvalue weighted by Gasteiger charge is 2.08. The smallest absolute Gasteiger partial charge is 0.251 e. The number of phenolic OH excluding ortho intramolecular Hbond substituents is 1. The van der Waals surface area contributed by atoms with E-state index in [0.717, 1.165) is 36.6 Å². The van der Waals surface area contributed by atoms with Crippen LogP contribution in [0.4, 0.5) is 16.5 Å². The molecular formula is C17H25N5OS. The number of rotatable bonds is 8. The lowest BCUT2D eigenvalue weighted by Crippen LogP contribution is -2.21. The van der Waals surface area contributed by atoms with Crippen LogP contribution in [0.2, 0.25) is 0 Å². The molecule has 0 bridgehead atoms. The van der Waals surface area contributed by atoms with Crippen LogP contribution >= 0.6 is 11.3 Å². The predicted octanol–water partition coefficient (Wildman–Crippen LogP) is 5.09. The second-order valence-electron chi connectivity index (χ2n) is 5.96. The number of phenols is 1. The van der Waals surface area contributed by atoms with Gasteiger partial charge in [0, 0.05) is 31.3 Å². The average Bonchev–Trinajstić information content (AvgIpc) is 3.01. The van der Waals surface area contributed by atoms with Crippen LogP contribution in [0.25, 0.3) is 0 Å². The Bertz CT molecular complexity index is 679. The fourth-order valence-electron chi connectivity index (χ4n) is 2.28. The quantitative estimate of drug-likeness (QED) is 0.675. The lowest BCUT2D eigenvalue weighted by Gasteiger charge is -2.21. The second-order valence-corrected chi connectivity index (χ2v) is 7.00. The maximum absolute atomic E-state index is 10.1. The summed E-state index contributed by atoms with van der Waals surface area (Å²) >= 11 is 1.44. The summed E-state index contributed by atoms with van der Waals surface area (Å²) < 4.78 is 0. The van der Waals surface area contributed by atoms with E-state index in [1.807, 2.05) is 6.07 Å². The number of hydrogen-bond acceptors (Lipinski definition) is 7. The first-order valence-electron chi connectivity index (χ1n) is 8.35. The molecule has 0 saturated carbocycles. The van der Waals surface area contributed by atoms with Gasteiger partial charge in [-0.3, -0.25) is 0 Å². The molecule has 1 aromatic carbocycles. The van der Waals surface area contributed by atoms with Gasteiger partial charge < -0.3 is 10.0 Å². The Kier molecular flexibility index (Phi) is 6.66. The maximum atomic E-state index is 10.1. The number of nitrogens with zero attached hydrogens (tertiary/aromatic N) is 5. The lowest BCUT2D eigenvalue weighted by atomic mass is 10.1. The second kappa shape index (κ2) is 8.73. The molecule has 0 unspecified atom stereocenters. The van der Waals surface area contributed by atoms with E-state index in [2.05, 4.69) is 53.0 Å². The van der Waals surface area contributed by atoms with E-state index in [9.17, 15) is 5.11 Å². The molecule has 130 valence electrons. The zero-order chi connectivity index (χ0) is 17.5. The summed E-state index contributed by atoms with van der Waals surface area (Å²) in [4.78, 5) is 2.16. The minimum absolute atomic E-state index is 0.118. The number of anilines is 1. The van der Waals surface area contributed by atoms with Gasteiger partial charge in [-0.15, -0.1) is 20.4 Å². The number of aryl methyl sites for hydroxylation is 1. The summed E-state index contributed by atoms with van der Waals surface area (Å²) in [6, 6.07) is 5.43. The highest BCUT2D eigenvalue weighted by atomic mass is 32.1. The number of aromatic hydroxyl groups is 1. The Morgan fingerprint density at radius 3 is 2.54 bits per heavy atom. The van der Waals surface area contributed by atoms with E-state index in [0.29, 0.717) is 16.7 Å². The Morgan fingerprint density at radius 2 is 1.92 bits per heavy atom. The number of hydrogen-bond donors (Lipinski definition) is 1. The third-order valence-corrected chi connectivity index (χ3v) is 4.59. The van der Waals surface area contributed by atoms with Crippen molar-refractivity contribution >= 4 is 27.8 Å². The summed E-state index contributed by atoms with van der Waals surface area (Å²) in [6.07, 6.45) is 1.99. The van der Waals surface area contributed by atoms with Crippen LogP contribution in [-0.4, -0.2) is 28.4 Å². The molecule has 0 fully saturated rings. The van der Waals surface area contributed by atoms with Gasteiger partial charge in [-0.1, -0.05) is 25.2 Å². The van der Waals surface area contributed by atoms with E-state index in [1.165, 1.54) is 11.3 Å². The Labute approximate surface area is 147 Å². The summed E-state index contributed by atoms with van der Waals surface area (Å²) in [6.45, 7) is 10.3. The molecule has 6 nitrogen and oxygen atoms in total. The molecule has 0 aliphatic rings. The minimum Gasteiger partial charge on any atom is -0.506 e. The molecule has 1 aromatic heterocycles. The molecule has 1 heterocycles. The Hall–Kier alpha value is -2.02. The molecule has 0 aliphatic heterocycles. The SMILES string of the molecule is CCN(CC)c1ccc(N=Nc2nnc(CCC(C)C)s2)c(O)c1. The van der Waals surface area contributed by atoms with Crippen molar-refractivity contribution in [2.75, 3.05) is 18.0 Å². The van der Waals surface area contributed by atoms with Crippen LogP contribution in [0.1, 0.15) is 39.1 Å². The number of aromatic nitrogens is 2. The molecule has 1 N–H and O–H groups in total. The molecule has 0 amide bonds. The molecule has 0 spiro atoms. The van der Waals surface area contributed by atoms with Crippen molar-refractivity contribution in [1.82, 2.24) is 10.2 Å². The van der Waals surface area contributed by atoms with Gasteiger partial charge in [0.1, 0.15) is 16.4 Å². The topological polar surface area (TPSA) is 74.0 Å². The van der Waals surface area contributed by atoms with Crippen LogP contribution in [0.3, 0.4) is 0 Å². The van der Waals surface area contributed by atoms with Crippen LogP contribution in [0.15, 0.2) is 28.4 Å². The maximum Gasteiger partial charge on any atom is 0.251 e. The zero-order valence-electron chi connectivity index (χ0n) is 14.7. The van der Waals surface area contributed by atoms with Crippen LogP contribution in [-0.2, 0) is 6.42 Å². The largest absolute Gasteiger partial charge is 0.506 e. The predicted molar refractivity (Wildman–Crippen MR) is 98.9 cm³/mol. The van der Waals surface area contributed by atoms with Crippen molar-refractivity contribution in [3.8, 4) is 5.75 Å². The van der Waals surface area contributed by atoms with Gasteiger partial charge in [0.05, 0.1) is 0 Å². The number of benzene rings is 1. The average molecular weight is 347 g/mol. The normalized spacial score (nSPS) is 11.5. The first kappa shape index (κ1) is 18.3. The summed E-state index contributed by atoms with van der Waals surface area (Å²) in [5.41, 5.74) is 1.41. The summed E-state index contributed by atoms with van der Waals surface area (Å²) in [7, 11) is 0. The van der Waals surface area contributed by atoms with E-state index in [1.54, 1.807) is 12.1 Å². The van der Waals surface area contributed by atoms with Crippen molar-refractivity contribution in [2.45, 2.75) is 40.5 Å². The van der Waals surface area contributed by atoms with E-state index >= 15 is 0 Å². The first-order valence-corrected chi connectivity index (χ1v) is 9.17. The minimum atomic E-state index is 0.118.